The molecule has 1 aromatic carbocycles. The van der Waals surface area contributed by atoms with Crippen molar-refractivity contribution in [3.63, 3.8) is 0 Å². The summed E-state index contributed by atoms with van der Waals surface area (Å²) in [5, 5.41) is 8.48. The molecule has 1 rings (SSSR count). The SMILES string of the molecule is CCNC(=O)NC(=O)CO/N=C\c1cc(Cl)c(OC)c(OC)c1. The van der Waals surface area contributed by atoms with Gasteiger partial charge in [0.25, 0.3) is 5.91 Å². The lowest BCUT2D eigenvalue weighted by Crippen LogP contribution is -2.40. The van der Waals surface area contributed by atoms with Gasteiger partial charge in [-0.2, -0.15) is 0 Å². The molecule has 0 radical (unpaired) electrons. The van der Waals surface area contributed by atoms with Gasteiger partial charge in [0.15, 0.2) is 18.1 Å². The average Bonchev–Trinajstić information content (AvgIpc) is 2.51. The Morgan fingerprint density at radius 1 is 1.30 bits per heavy atom. The number of carbonyl (C=O) groups excluding carboxylic acids is 2. The van der Waals surface area contributed by atoms with Crippen LogP contribution in [0.5, 0.6) is 11.5 Å². The first-order valence-electron chi connectivity index (χ1n) is 6.66. The lowest BCUT2D eigenvalue weighted by Gasteiger charge is -2.09. The molecule has 3 amide bonds. The zero-order valence-electron chi connectivity index (χ0n) is 13.0. The van der Waals surface area contributed by atoms with Crippen LogP contribution >= 0.6 is 11.6 Å². The molecule has 0 aliphatic rings. The normalized spacial score (nSPS) is 10.3. The fourth-order valence-corrected chi connectivity index (χ4v) is 1.87. The van der Waals surface area contributed by atoms with Crippen molar-refractivity contribution in [3.8, 4) is 11.5 Å². The van der Waals surface area contributed by atoms with E-state index in [4.69, 9.17) is 25.9 Å². The van der Waals surface area contributed by atoms with Crippen LogP contribution in [0.4, 0.5) is 4.79 Å². The number of benzene rings is 1. The fourth-order valence-electron chi connectivity index (χ4n) is 1.57. The van der Waals surface area contributed by atoms with Crippen molar-refractivity contribution in [1.29, 1.82) is 0 Å². The van der Waals surface area contributed by atoms with Gasteiger partial charge in [0.1, 0.15) is 0 Å². The van der Waals surface area contributed by atoms with Gasteiger partial charge in [-0.25, -0.2) is 4.79 Å². The first kappa shape index (κ1) is 18.6. The van der Waals surface area contributed by atoms with Gasteiger partial charge in [-0.1, -0.05) is 16.8 Å². The summed E-state index contributed by atoms with van der Waals surface area (Å²) >= 11 is 6.05. The minimum Gasteiger partial charge on any atom is -0.493 e. The van der Waals surface area contributed by atoms with E-state index >= 15 is 0 Å². The molecule has 8 nitrogen and oxygen atoms in total. The molecule has 0 aromatic heterocycles. The molecule has 0 aliphatic carbocycles. The van der Waals surface area contributed by atoms with E-state index < -0.39 is 18.5 Å². The molecule has 0 aliphatic heterocycles. The molecule has 23 heavy (non-hydrogen) atoms. The van der Waals surface area contributed by atoms with E-state index in [1.54, 1.807) is 19.1 Å². The molecular formula is C14H18ClN3O5. The predicted octanol–water partition coefficient (Wildman–Crippen LogP) is 1.55. The molecule has 1 aromatic rings. The number of hydrogen-bond donors (Lipinski definition) is 2. The van der Waals surface area contributed by atoms with Crippen molar-refractivity contribution in [2.24, 2.45) is 5.16 Å². The highest BCUT2D eigenvalue weighted by molar-refractivity contribution is 6.32. The number of rotatable bonds is 7. The molecule has 9 heteroatoms. The quantitative estimate of drug-likeness (QED) is 0.578. The van der Waals surface area contributed by atoms with E-state index in [9.17, 15) is 9.59 Å². The standard InChI is InChI=1S/C14H18ClN3O5/c1-4-16-14(20)18-12(19)8-23-17-7-9-5-10(15)13(22-3)11(6-9)21-2/h5-7H,4,8H2,1-3H3,(H2,16,18,19,20)/b17-7-. The molecule has 0 unspecified atom stereocenters. The number of nitrogens with zero attached hydrogens (tertiary/aromatic N) is 1. The highest BCUT2D eigenvalue weighted by atomic mass is 35.5. The molecule has 0 saturated heterocycles. The third-order valence-corrected chi connectivity index (χ3v) is 2.80. The van der Waals surface area contributed by atoms with E-state index in [2.05, 4.69) is 15.8 Å². The van der Waals surface area contributed by atoms with Crippen LogP contribution in [0.25, 0.3) is 0 Å². The Morgan fingerprint density at radius 3 is 2.65 bits per heavy atom. The molecule has 0 atom stereocenters. The molecule has 2 N–H and O–H groups in total. The highest BCUT2D eigenvalue weighted by Gasteiger charge is 2.10. The third-order valence-electron chi connectivity index (χ3n) is 2.52. The number of urea groups is 1. The smallest absolute Gasteiger partial charge is 0.321 e. The first-order chi connectivity index (χ1) is 11.0. The van der Waals surface area contributed by atoms with Gasteiger partial charge >= 0.3 is 6.03 Å². The van der Waals surface area contributed by atoms with Crippen LogP contribution in [0.2, 0.25) is 5.02 Å². The third kappa shape index (κ3) is 6.03. The molecule has 0 heterocycles. The molecule has 0 bridgehead atoms. The van der Waals surface area contributed by atoms with Gasteiger partial charge in [0.2, 0.25) is 0 Å². The summed E-state index contributed by atoms with van der Waals surface area (Å²) in [5.41, 5.74) is 0.594. The second-order valence-corrected chi connectivity index (χ2v) is 4.56. The van der Waals surface area contributed by atoms with Crippen molar-refractivity contribution in [2.75, 3.05) is 27.4 Å². The monoisotopic (exact) mass is 343 g/mol. The lowest BCUT2D eigenvalue weighted by molar-refractivity contribution is -0.124. The van der Waals surface area contributed by atoms with Crippen molar-refractivity contribution >= 4 is 29.8 Å². The van der Waals surface area contributed by atoms with Gasteiger partial charge in [0.05, 0.1) is 25.5 Å². The number of halogens is 1. The number of hydrogen-bond acceptors (Lipinski definition) is 6. The second kappa shape index (κ2) is 9.52. The lowest BCUT2D eigenvalue weighted by atomic mass is 10.2. The number of amides is 3. The molecule has 0 fully saturated rings. The van der Waals surface area contributed by atoms with Crippen LogP contribution in [0.15, 0.2) is 17.3 Å². The maximum Gasteiger partial charge on any atom is 0.321 e. The Labute approximate surface area is 138 Å². The number of oxime groups is 1. The minimum atomic E-state index is -0.613. The minimum absolute atomic E-state index is 0.349. The number of carbonyl (C=O) groups is 2. The summed E-state index contributed by atoms with van der Waals surface area (Å²) < 4.78 is 10.3. The maximum atomic E-state index is 11.3. The van der Waals surface area contributed by atoms with Crippen LogP contribution in [-0.4, -0.2) is 45.5 Å². The topological polar surface area (TPSA) is 98.3 Å². The summed E-state index contributed by atoms with van der Waals surface area (Å²) in [6.07, 6.45) is 1.35. The Balaban J connectivity index is 2.57. The molecular weight excluding hydrogens is 326 g/mol. The van der Waals surface area contributed by atoms with E-state index in [0.717, 1.165) is 0 Å². The summed E-state index contributed by atoms with van der Waals surface area (Å²) in [7, 11) is 2.96. The summed E-state index contributed by atoms with van der Waals surface area (Å²) in [6.45, 7) is 1.76. The molecule has 126 valence electrons. The Bertz CT molecular complexity index is 592. The summed E-state index contributed by atoms with van der Waals surface area (Å²) in [6, 6.07) is 2.66. The number of nitrogens with one attached hydrogen (secondary N) is 2. The zero-order chi connectivity index (χ0) is 17.2. The number of imide groups is 1. The van der Waals surface area contributed by atoms with E-state index in [-0.39, 0.29) is 0 Å². The molecule has 0 saturated carbocycles. The van der Waals surface area contributed by atoms with Crippen LogP contribution in [-0.2, 0) is 9.63 Å². The Hall–Kier alpha value is -2.48. The van der Waals surface area contributed by atoms with Crippen LogP contribution in [0.1, 0.15) is 12.5 Å². The zero-order valence-corrected chi connectivity index (χ0v) is 13.8. The highest BCUT2D eigenvalue weighted by Crippen LogP contribution is 2.35. The van der Waals surface area contributed by atoms with Gasteiger partial charge in [-0.05, 0) is 19.1 Å². The van der Waals surface area contributed by atoms with E-state index in [1.807, 2.05) is 0 Å². The van der Waals surface area contributed by atoms with Crippen molar-refractivity contribution in [1.82, 2.24) is 10.6 Å². The Kier molecular flexibility index (Phi) is 7.69. The van der Waals surface area contributed by atoms with Gasteiger partial charge < -0.3 is 19.6 Å². The number of ether oxygens (including phenoxy) is 2. The second-order valence-electron chi connectivity index (χ2n) is 4.15. The van der Waals surface area contributed by atoms with E-state index in [1.165, 1.54) is 20.4 Å². The van der Waals surface area contributed by atoms with Crippen molar-refractivity contribution in [3.05, 3.63) is 22.7 Å². The molecule has 0 spiro atoms. The van der Waals surface area contributed by atoms with Crippen molar-refractivity contribution < 1.29 is 23.9 Å². The fraction of sp³-hybridized carbons (Fsp3) is 0.357. The van der Waals surface area contributed by atoms with Gasteiger partial charge in [-0.3, -0.25) is 10.1 Å². The summed E-state index contributed by atoms with van der Waals surface area (Å²) in [4.78, 5) is 27.3. The average molecular weight is 344 g/mol. The van der Waals surface area contributed by atoms with E-state index in [0.29, 0.717) is 28.6 Å². The number of methoxy groups -OCH3 is 2. The van der Waals surface area contributed by atoms with Gasteiger partial charge in [0, 0.05) is 12.1 Å². The maximum absolute atomic E-state index is 11.3. The Morgan fingerprint density at radius 2 is 2.04 bits per heavy atom. The van der Waals surface area contributed by atoms with Crippen LogP contribution in [0.3, 0.4) is 0 Å². The van der Waals surface area contributed by atoms with Crippen molar-refractivity contribution in [2.45, 2.75) is 6.92 Å². The summed E-state index contributed by atoms with van der Waals surface area (Å²) in [5.74, 6) is 0.238. The van der Waals surface area contributed by atoms with Crippen LogP contribution < -0.4 is 20.1 Å². The van der Waals surface area contributed by atoms with Gasteiger partial charge in [-0.15, -0.1) is 0 Å². The first-order valence-corrected chi connectivity index (χ1v) is 7.04. The largest absolute Gasteiger partial charge is 0.493 e. The van der Waals surface area contributed by atoms with Crippen LogP contribution in [0, 0.1) is 0 Å². The predicted molar refractivity (Wildman–Crippen MR) is 85.3 cm³/mol.